The monoisotopic (exact) mass is 647 g/mol. The van der Waals surface area contributed by atoms with Crippen LogP contribution >= 0.6 is 0 Å². The summed E-state index contributed by atoms with van der Waals surface area (Å²) in [6.07, 6.45) is 14.1. The average molecular weight is 648 g/mol. The molecule has 0 fully saturated rings. The van der Waals surface area contributed by atoms with Crippen molar-refractivity contribution in [3.8, 4) is 22.5 Å². The highest BCUT2D eigenvalue weighted by molar-refractivity contribution is 6.89. The van der Waals surface area contributed by atoms with Crippen LogP contribution in [0.3, 0.4) is 0 Å². The predicted octanol–water partition coefficient (Wildman–Crippen LogP) is 9.00. The summed E-state index contributed by atoms with van der Waals surface area (Å²) >= 11 is 0. The second-order valence-electron chi connectivity index (χ2n) is 15.4. The molecule has 5 heteroatoms. The van der Waals surface area contributed by atoms with Crippen molar-refractivity contribution < 1.29 is 13.6 Å². The van der Waals surface area contributed by atoms with Gasteiger partial charge in [0, 0.05) is 44.9 Å². The molecule has 6 aromatic rings. The zero-order valence-electron chi connectivity index (χ0n) is 28.9. The van der Waals surface area contributed by atoms with Crippen molar-refractivity contribution in [2.45, 2.75) is 90.0 Å². The quantitative estimate of drug-likeness (QED) is 0.106. The van der Waals surface area contributed by atoms with Gasteiger partial charge in [-0.05, 0) is 86.1 Å². The molecule has 240 valence electrons. The second kappa shape index (κ2) is 10.8. The average Bonchev–Trinajstić information content (AvgIpc) is 3.62. The van der Waals surface area contributed by atoms with E-state index in [2.05, 4.69) is 121 Å². The zero-order valence-corrected chi connectivity index (χ0v) is 29.9. The van der Waals surface area contributed by atoms with Gasteiger partial charge >= 0.3 is 0 Å². The third kappa shape index (κ3) is 4.22. The molecule has 0 spiro atoms. The molecule has 2 aromatic carbocycles. The van der Waals surface area contributed by atoms with Gasteiger partial charge in [-0.15, -0.1) is 0 Å². The van der Waals surface area contributed by atoms with Crippen LogP contribution in [0.5, 0.6) is 0 Å². The molecule has 2 aliphatic heterocycles. The molecule has 1 aliphatic carbocycles. The molecule has 3 unspecified atom stereocenters. The Morgan fingerprint density at radius 2 is 1.77 bits per heavy atom. The van der Waals surface area contributed by atoms with Gasteiger partial charge in [-0.3, -0.25) is 0 Å². The summed E-state index contributed by atoms with van der Waals surface area (Å²) in [5, 5.41) is 3.82. The third-order valence-corrected chi connectivity index (χ3v) is 13.5. The first kappa shape index (κ1) is 29.8. The van der Waals surface area contributed by atoms with Crippen LogP contribution in [-0.2, 0) is 19.3 Å². The highest BCUT2D eigenvalue weighted by Crippen LogP contribution is 2.53. The van der Waals surface area contributed by atoms with Gasteiger partial charge in [0.05, 0.1) is 19.2 Å². The van der Waals surface area contributed by atoms with Gasteiger partial charge in [0.25, 0.3) is 0 Å². The van der Waals surface area contributed by atoms with E-state index in [0.29, 0.717) is 0 Å². The van der Waals surface area contributed by atoms with Gasteiger partial charge in [0.15, 0.2) is 30.1 Å². The zero-order chi connectivity index (χ0) is 32.9. The van der Waals surface area contributed by atoms with Gasteiger partial charge in [-0.1, -0.05) is 63.8 Å². The third-order valence-electron chi connectivity index (χ3n) is 11.4. The SMILES string of the molecule is C=CC1C(C2c3ccc4c(oc5nc(C)ccc54)c3-c3c4c(cc[n+]32)CCCC4)c2ccccc2-c2cc(CCC)c([Si](C)(C)C)c[n+]21. The molecule has 0 saturated carbocycles. The molecule has 0 radical (unpaired) electrons. The molecule has 4 nitrogen and oxygen atoms in total. The van der Waals surface area contributed by atoms with E-state index in [1.807, 2.05) is 6.92 Å². The summed E-state index contributed by atoms with van der Waals surface area (Å²) in [6, 6.07) is 23.3. The lowest BCUT2D eigenvalue weighted by molar-refractivity contribution is -0.739. The first-order valence-electron chi connectivity index (χ1n) is 18.0. The Kier molecular flexibility index (Phi) is 6.71. The first-order valence-corrected chi connectivity index (χ1v) is 21.5. The summed E-state index contributed by atoms with van der Waals surface area (Å²) in [5.74, 6) is 0.150. The topological polar surface area (TPSA) is 33.8 Å². The number of aromatic nitrogens is 3. The van der Waals surface area contributed by atoms with Crippen molar-refractivity contribution in [2.24, 2.45) is 0 Å². The lowest BCUT2D eigenvalue weighted by Gasteiger charge is -2.32. The molecule has 0 saturated heterocycles. The highest BCUT2D eigenvalue weighted by atomic mass is 28.3. The van der Waals surface area contributed by atoms with Gasteiger partial charge in [-0.2, -0.15) is 9.13 Å². The van der Waals surface area contributed by atoms with Crippen molar-refractivity contribution in [3.63, 3.8) is 0 Å². The Bertz CT molecular complexity index is 2310. The van der Waals surface area contributed by atoms with Crippen LogP contribution in [-0.4, -0.2) is 13.1 Å². The molecule has 0 amide bonds. The van der Waals surface area contributed by atoms with Gasteiger partial charge in [-0.25, -0.2) is 4.98 Å². The second-order valence-corrected chi connectivity index (χ2v) is 20.4. The summed E-state index contributed by atoms with van der Waals surface area (Å²) in [7, 11) is -1.62. The molecular formula is C43H45N3OSi+2. The van der Waals surface area contributed by atoms with Crippen LogP contribution in [0.15, 0.2) is 90.1 Å². The number of benzene rings is 2. The molecule has 0 bridgehead atoms. The summed E-state index contributed by atoms with van der Waals surface area (Å²) in [4.78, 5) is 4.83. The molecule has 48 heavy (non-hydrogen) atoms. The smallest absolute Gasteiger partial charge is 0.227 e. The number of aryl methyl sites for hydroxylation is 3. The normalized spacial score (nSPS) is 19.5. The molecular weight excluding hydrogens is 603 g/mol. The van der Waals surface area contributed by atoms with E-state index in [-0.39, 0.29) is 18.0 Å². The van der Waals surface area contributed by atoms with Crippen LogP contribution in [0, 0.1) is 6.92 Å². The van der Waals surface area contributed by atoms with Crippen LogP contribution in [0.25, 0.3) is 44.6 Å². The van der Waals surface area contributed by atoms with E-state index in [9.17, 15) is 0 Å². The van der Waals surface area contributed by atoms with Crippen molar-refractivity contribution in [3.05, 3.63) is 119 Å². The predicted molar refractivity (Wildman–Crippen MR) is 198 cm³/mol. The molecule has 9 rings (SSSR count). The molecule has 3 atom stereocenters. The Morgan fingerprint density at radius 3 is 2.58 bits per heavy atom. The minimum atomic E-state index is -1.62. The van der Waals surface area contributed by atoms with Crippen LogP contribution < -0.4 is 14.3 Å². The maximum atomic E-state index is 6.78. The van der Waals surface area contributed by atoms with E-state index in [1.165, 1.54) is 63.2 Å². The standard InChI is InChI=1S/C43H45N3OSi/c1-7-13-28-24-36-30-16-11-12-17-31(30)38(35(8-2)46(36)25-37(28)48(4,5)6)41-34-21-20-32-33-19-18-26(3)44-43(33)47-42(32)39(34)40-29-15-10-9-14-27(29)22-23-45(40)41/h8,11-12,16-25,35,38,41H,2,7,9-10,13-15H2,1,3-6H3/q+2. The van der Waals surface area contributed by atoms with Crippen molar-refractivity contribution in [1.82, 2.24) is 4.98 Å². The van der Waals surface area contributed by atoms with Gasteiger partial charge < -0.3 is 4.42 Å². The van der Waals surface area contributed by atoms with Gasteiger partial charge in [0.2, 0.25) is 17.1 Å². The van der Waals surface area contributed by atoms with E-state index in [1.54, 1.807) is 5.19 Å². The van der Waals surface area contributed by atoms with E-state index >= 15 is 0 Å². The largest absolute Gasteiger partial charge is 0.437 e. The minimum absolute atomic E-state index is 0.0868. The number of allylic oxidation sites excluding steroid dienone is 1. The summed E-state index contributed by atoms with van der Waals surface area (Å²) < 4.78 is 12.0. The van der Waals surface area contributed by atoms with Crippen molar-refractivity contribution in [1.29, 1.82) is 0 Å². The lowest BCUT2D eigenvalue weighted by atomic mass is 9.76. The van der Waals surface area contributed by atoms with Gasteiger partial charge in [0.1, 0.15) is 5.92 Å². The lowest BCUT2D eigenvalue weighted by Crippen LogP contribution is -2.56. The molecule has 4 aromatic heterocycles. The number of pyridine rings is 3. The van der Waals surface area contributed by atoms with Crippen molar-refractivity contribution in [2.75, 3.05) is 0 Å². The number of rotatable bonds is 5. The van der Waals surface area contributed by atoms with E-state index in [4.69, 9.17) is 9.40 Å². The van der Waals surface area contributed by atoms with Crippen LogP contribution in [0.4, 0.5) is 0 Å². The minimum Gasteiger partial charge on any atom is -0.437 e. The van der Waals surface area contributed by atoms with Crippen LogP contribution in [0.2, 0.25) is 19.6 Å². The fourth-order valence-electron chi connectivity index (χ4n) is 9.35. The number of hydrogen-bond donors (Lipinski definition) is 0. The fourth-order valence-corrected chi connectivity index (χ4v) is 11.0. The summed E-state index contributed by atoms with van der Waals surface area (Å²) in [5.41, 5.74) is 15.2. The molecule has 6 heterocycles. The first-order chi connectivity index (χ1) is 23.3. The Balaban J connectivity index is 1.35. The Morgan fingerprint density at radius 1 is 0.958 bits per heavy atom. The Hall–Kier alpha value is -4.35. The van der Waals surface area contributed by atoms with Crippen LogP contribution in [0.1, 0.15) is 77.7 Å². The van der Waals surface area contributed by atoms with E-state index in [0.717, 1.165) is 53.4 Å². The van der Waals surface area contributed by atoms with Crippen molar-refractivity contribution >= 4 is 35.3 Å². The van der Waals surface area contributed by atoms with E-state index < -0.39 is 8.07 Å². The molecule has 3 aliphatic rings. The Labute approximate surface area is 284 Å². The maximum Gasteiger partial charge on any atom is 0.227 e. The molecule has 0 N–H and O–H groups in total. The number of hydrogen-bond acceptors (Lipinski definition) is 2. The summed E-state index contributed by atoms with van der Waals surface area (Å²) in [6.45, 7) is 16.4. The number of fused-ring (bicyclic) bond motifs is 12. The number of furan rings is 1. The highest BCUT2D eigenvalue weighted by Gasteiger charge is 2.53. The number of nitrogens with zero attached hydrogens (tertiary/aromatic N) is 3. The maximum absolute atomic E-state index is 6.78. The fraction of sp³-hybridized carbons (Fsp3) is 0.326.